The molecule has 0 unspecified atom stereocenters. The predicted octanol–water partition coefficient (Wildman–Crippen LogP) is 2.48. The second-order valence-corrected chi connectivity index (χ2v) is 6.08. The summed E-state index contributed by atoms with van der Waals surface area (Å²) in [6, 6.07) is 9.66. The highest BCUT2D eigenvalue weighted by atomic mass is 35.5. The number of pyridine rings is 1. The number of carbonyl (C=O) groups is 1. The number of anilines is 1. The van der Waals surface area contributed by atoms with Gasteiger partial charge in [-0.2, -0.15) is 5.10 Å². The van der Waals surface area contributed by atoms with Gasteiger partial charge in [-0.3, -0.25) is 15.1 Å². The smallest absolute Gasteiger partial charge is 0.326 e. The normalized spacial score (nSPS) is 10.6. The van der Waals surface area contributed by atoms with Crippen molar-refractivity contribution in [3.05, 3.63) is 52.9 Å². The fourth-order valence-electron chi connectivity index (χ4n) is 2.37. The third-order valence-electron chi connectivity index (χ3n) is 3.50. The number of para-hydroxylation sites is 1. The van der Waals surface area contributed by atoms with E-state index in [1.165, 1.54) is 10.9 Å². The number of carbonyl (C=O) groups excluding carboxylic acids is 1. The standard InChI is InChI=1S/C16H14ClN5OS/c1-9-6-7-10-4-3-5-12(13(10)19-9)20-16(24)21-15(23)14-11(17)8-18-22(14)2/h3-8H,1-2H3,(H2,20,21,23,24)/p+1. The van der Waals surface area contributed by atoms with Crippen LogP contribution in [0.25, 0.3) is 10.9 Å². The van der Waals surface area contributed by atoms with Gasteiger partial charge in [-0.1, -0.05) is 29.8 Å². The van der Waals surface area contributed by atoms with Crippen LogP contribution < -0.4 is 15.3 Å². The molecule has 2 heterocycles. The van der Waals surface area contributed by atoms with E-state index < -0.39 is 5.91 Å². The van der Waals surface area contributed by atoms with E-state index in [1.807, 2.05) is 37.3 Å². The highest BCUT2D eigenvalue weighted by Crippen LogP contribution is 2.21. The molecule has 1 amide bonds. The lowest BCUT2D eigenvalue weighted by Crippen LogP contribution is -2.43. The Hall–Kier alpha value is -2.51. The van der Waals surface area contributed by atoms with Crippen molar-refractivity contribution in [2.24, 2.45) is 7.05 Å². The molecule has 0 atom stereocenters. The summed E-state index contributed by atoms with van der Waals surface area (Å²) in [6.45, 7) is 1.92. The predicted molar refractivity (Wildman–Crippen MR) is 97.1 cm³/mol. The lowest BCUT2D eigenvalue weighted by atomic mass is 10.2. The number of aromatic amines is 1. The second kappa shape index (κ2) is 6.54. The van der Waals surface area contributed by atoms with Crippen molar-refractivity contribution in [2.75, 3.05) is 5.32 Å². The Labute approximate surface area is 148 Å². The van der Waals surface area contributed by atoms with Crippen molar-refractivity contribution in [3.8, 4) is 0 Å². The second-order valence-electron chi connectivity index (χ2n) is 5.27. The molecule has 3 aromatic rings. The van der Waals surface area contributed by atoms with Gasteiger partial charge in [0.05, 0.1) is 17.4 Å². The SMILES string of the molecule is Cc1ccc2cccc(NC(=S)NC(=O)c3c(Cl)c[nH][n+]3C)c2n1. The summed E-state index contributed by atoms with van der Waals surface area (Å²) in [7, 11) is 1.69. The molecule has 3 N–H and O–H groups in total. The van der Waals surface area contributed by atoms with Crippen LogP contribution in [-0.4, -0.2) is 21.1 Å². The molecule has 2 aromatic heterocycles. The highest BCUT2D eigenvalue weighted by molar-refractivity contribution is 7.80. The maximum atomic E-state index is 12.3. The minimum atomic E-state index is -0.398. The number of benzene rings is 1. The number of aromatic nitrogens is 3. The van der Waals surface area contributed by atoms with Crippen LogP contribution in [0.5, 0.6) is 0 Å². The van der Waals surface area contributed by atoms with Crippen LogP contribution in [0.2, 0.25) is 5.02 Å². The van der Waals surface area contributed by atoms with Crippen LogP contribution in [0.4, 0.5) is 5.69 Å². The zero-order chi connectivity index (χ0) is 17.3. The van der Waals surface area contributed by atoms with E-state index >= 15 is 0 Å². The first-order valence-corrected chi connectivity index (χ1v) is 7.96. The summed E-state index contributed by atoms with van der Waals surface area (Å²) < 4.78 is 1.52. The number of aryl methyl sites for hydroxylation is 2. The van der Waals surface area contributed by atoms with Gasteiger partial charge in [0.15, 0.2) is 12.2 Å². The van der Waals surface area contributed by atoms with Crippen molar-refractivity contribution in [3.63, 3.8) is 0 Å². The Bertz CT molecular complexity index is 933. The molecule has 0 fully saturated rings. The van der Waals surface area contributed by atoms with E-state index in [1.54, 1.807) is 7.05 Å². The molecule has 0 aliphatic heterocycles. The molecule has 3 rings (SSSR count). The number of hydrogen-bond acceptors (Lipinski definition) is 3. The van der Waals surface area contributed by atoms with Crippen LogP contribution in [0.1, 0.15) is 16.2 Å². The lowest BCUT2D eigenvalue weighted by molar-refractivity contribution is -0.728. The van der Waals surface area contributed by atoms with Gasteiger partial charge in [0.2, 0.25) is 0 Å². The van der Waals surface area contributed by atoms with Crippen LogP contribution in [-0.2, 0) is 7.05 Å². The number of thiocarbonyl (C=S) groups is 1. The van der Waals surface area contributed by atoms with E-state index in [2.05, 4.69) is 20.7 Å². The van der Waals surface area contributed by atoms with E-state index in [0.29, 0.717) is 10.7 Å². The number of H-pyrrole nitrogens is 1. The van der Waals surface area contributed by atoms with Crippen LogP contribution in [0, 0.1) is 6.92 Å². The summed E-state index contributed by atoms with van der Waals surface area (Å²) >= 11 is 11.2. The van der Waals surface area contributed by atoms with Gasteiger partial charge in [0, 0.05) is 11.1 Å². The van der Waals surface area contributed by atoms with Crippen molar-refractivity contribution in [2.45, 2.75) is 6.92 Å². The number of hydrogen-bond donors (Lipinski definition) is 3. The molecule has 0 radical (unpaired) electrons. The summed E-state index contributed by atoms with van der Waals surface area (Å²) in [6.07, 6.45) is 1.53. The monoisotopic (exact) mass is 360 g/mol. The maximum Gasteiger partial charge on any atom is 0.326 e. The van der Waals surface area contributed by atoms with Crippen molar-refractivity contribution in [1.29, 1.82) is 0 Å². The average molecular weight is 361 g/mol. The van der Waals surface area contributed by atoms with Crippen LogP contribution in [0.15, 0.2) is 36.5 Å². The minimum absolute atomic E-state index is 0.174. The molecule has 0 spiro atoms. The molecule has 8 heteroatoms. The first kappa shape index (κ1) is 16.4. The van der Waals surface area contributed by atoms with Crippen LogP contribution in [0.3, 0.4) is 0 Å². The summed E-state index contributed by atoms with van der Waals surface area (Å²) in [5.74, 6) is -0.398. The van der Waals surface area contributed by atoms with E-state index in [4.69, 9.17) is 23.8 Å². The van der Waals surface area contributed by atoms with Crippen molar-refractivity contribution in [1.82, 2.24) is 15.4 Å². The zero-order valence-corrected chi connectivity index (χ0v) is 14.6. The van der Waals surface area contributed by atoms with Crippen molar-refractivity contribution >= 4 is 51.4 Å². The lowest BCUT2D eigenvalue weighted by Gasteiger charge is -2.10. The van der Waals surface area contributed by atoms with Gasteiger partial charge in [-0.25, -0.2) is 0 Å². The molecule has 24 heavy (non-hydrogen) atoms. The third kappa shape index (κ3) is 3.22. The largest absolute Gasteiger partial charge is 0.331 e. The van der Waals surface area contributed by atoms with Gasteiger partial charge in [0.25, 0.3) is 0 Å². The fraction of sp³-hybridized carbons (Fsp3) is 0.125. The first-order valence-electron chi connectivity index (χ1n) is 7.17. The van der Waals surface area contributed by atoms with Crippen molar-refractivity contribution < 1.29 is 9.48 Å². The van der Waals surface area contributed by atoms with Gasteiger partial charge in [-0.15, -0.1) is 4.68 Å². The summed E-state index contributed by atoms with van der Waals surface area (Å²) in [5.41, 5.74) is 2.72. The quantitative estimate of drug-likeness (QED) is 0.485. The Balaban J connectivity index is 1.81. The molecule has 0 saturated heterocycles. The Morgan fingerprint density at radius 3 is 2.83 bits per heavy atom. The fourth-order valence-corrected chi connectivity index (χ4v) is 2.83. The van der Waals surface area contributed by atoms with Gasteiger partial charge >= 0.3 is 11.6 Å². The van der Waals surface area contributed by atoms with Gasteiger partial charge in [-0.05, 0) is 31.3 Å². The molecular formula is C16H15ClN5OS+. The number of rotatable bonds is 2. The molecule has 6 nitrogen and oxygen atoms in total. The summed E-state index contributed by atoms with van der Waals surface area (Å²) in [5, 5.41) is 9.94. The zero-order valence-electron chi connectivity index (χ0n) is 13.1. The minimum Gasteiger partial charge on any atom is -0.331 e. The summed E-state index contributed by atoms with van der Waals surface area (Å²) in [4.78, 5) is 16.8. The number of fused-ring (bicyclic) bond motifs is 1. The third-order valence-corrected chi connectivity index (χ3v) is 3.99. The molecule has 0 bridgehead atoms. The number of nitrogens with one attached hydrogen (secondary N) is 3. The molecular weight excluding hydrogens is 346 g/mol. The molecule has 0 aliphatic carbocycles. The molecule has 122 valence electrons. The van der Waals surface area contributed by atoms with E-state index in [-0.39, 0.29) is 5.11 Å². The van der Waals surface area contributed by atoms with E-state index in [9.17, 15) is 4.79 Å². The molecule has 1 aromatic carbocycles. The number of halogens is 1. The molecule has 0 saturated carbocycles. The van der Waals surface area contributed by atoms with Crippen LogP contribution >= 0.6 is 23.8 Å². The average Bonchev–Trinajstić information content (AvgIpc) is 2.86. The highest BCUT2D eigenvalue weighted by Gasteiger charge is 2.24. The van der Waals surface area contributed by atoms with E-state index in [0.717, 1.165) is 22.3 Å². The first-order chi connectivity index (χ1) is 11.5. The number of amides is 1. The van der Waals surface area contributed by atoms with Gasteiger partial charge in [0.1, 0.15) is 5.02 Å². The topological polar surface area (TPSA) is 73.7 Å². The van der Waals surface area contributed by atoms with Gasteiger partial charge < -0.3 is 5.32 Å². The Morgan fingerprint density at radius 2 is 2.12 bits per heavy atom. The molecule has 0 aliphatic rings. The Morgan fingerprint density at radius 1 is 1.33 bits per heavy atom. The Kier molecular flexibility index (Phi) is 4.46. The number of nitrogens with zero attached hydrogens (tertiary/aromatic N) is 2. The maximum absolute atomic E-state index is 12.3.